The van der Waals surface area contributed by atoms with Crippen molar-refractivity contribution in [3.05, 3.63) is 44.2 Å². The second-order valence-corrected chi connectivity index (χ2v) is 4.91. The molecule has 6 nitrogen and oxygen atoms in total. The molecule has 96 valence electrons. The number of nitrogens with one attached hydrogen (secondary N) is 1. The van der Waals surface area contributed by atoms with E-state index in [1.54, 1.807) is 13.2 Å². The fourth-order valence-corrected chi connectivity index (χ4v) is 2.40. The molecule has 0 radical (unpaired) electrons. The zero-order valence-corrected chi connectivity index (χ0v) is 11.0. The smallest absolute Gasteiger partial charge is 0.331 e. The highest BCUT2D eigenvalue weighted by atomic mass is 32.1. The predicted octanol–water partition coefficient (Wildman–Crippen LogP) is 0.484. The normalized spacial score (nSPS) is 10.6. The zero-order chi connectivity index (χ0) is 13.1. The summed E-state index contributed by atoms with van der Waals surface area (Å²) in [5, 5.41) is 3.89. The molecule has 0 aromatic carbocycles. The first-order valence-electron chi connectivity index (χ1n) is 5.57. The Hall–Kier alpha value is -1.89. The lowest BCUT2D eigenvalue weighted by Gasteiger charge is -2.04. The van der Waals surface area contributed by atoms with E-state index in [-0.39, 0.29) is 17.8 Å². The molecule has 0 aliphatic heterocycles. The Balaban J connectivity index is 2.31. The topological polar surface area (TPSA) is 68.9 Å². The molecular weight excluding hydrogens is 252 g/mol. The number of rotatable bonds is 4. The first-order valence-corrected chi connectivity index (χ1v) is 6.38. The van der Waals surface area contributed by atoms with Crippen molar-refractivity contribution >= 4 is 16.5 Å². The third-order valence-electron chi connectivity index (χ3n) is 2.43. The molecule has 0 atom stereocenters. The second kappa shape index (κ2) is 5.18. The maximum absolute atomic E-state index is 11.8. The van der Waals surface area contributed by atoms with Crippen molar-refractivity contribution in [2.24, 2.45) is 7.05 Å². The zero-order valence-electron chi connectivity index (χ0n) is 10.2. The number of anilines is 1. The summed E-state index contributed by atoms with van der Waals surface area (Å²) in [6, 6.07) is 1.38. The van der Waals surface area contributed by atoms with E-state index in [0.717, 1.165) is 16.6 Å². The van der Waals surface area contributed by atoms with Gasteiger partial charge in [0.2, 0.25) is 0 Å². The molecule has 0 saturated heterocycles. The summed E-state index contributed by atoms with van der Waals surface area (Å²) in [5.74, 6) is 0. The molecule has 0 aliphatic rings. The van der Waals surface area contributed by atoms with E-state index in [1.165, 1.54) is 32.7 Å². The first kappa shape index (κ1) is 12.6. The van der Waals surface area contributed by atoms with Crippen LogP contribution in [0.3, 0.4) is 0 Å². The highest BCUT2D eigenvalue weighted by Gasteiger charge is 2.07. The molecule has 7 heteroatoms. The minimum Gasteiger partial charge on any atom is -0.362 e. The van der Waals surface area contributed by atoms with E-state index in [4.69, 9.17) is 0 Å². The Labute approximate surface area is 108 Å². The molecule has 0 aliphatic carbocycles. The lowest BCUT2D eigenvalue weighted by Crippen LogP contribution is -2.37. The van der Waals surface area contributed by atoms with E-state index in [0.29, 0.717) is 0 Å². The molecular formula is C11H14N4O2S. The third kappa shape index (κ3) is 2.51. The summed E-state index contributed by atoms with van der Waals surface area (Å²) in [7, 11) is 1.62. The molecule has 0 saturated carbocycles. The fraction of sp³-hybridized carbons (Fsp3) is 0.364. The van der Waals surface area contributed by atoms with Crippen molar-refractivity contribution in [1.82, 2.24) is 14.1 Å². The Morgan fingerprint density at radius 3 is 2.94 bits per heavy atom. The molecule has 0 unspecified atom stereocenters. The molecule has 2 aromatic heterocycles. The van der Waals surface area contributed by atoms with E-state index in [2.05, 4.69) is 10.3 Å². The van der Waals surface area contributed by atoms with Gasteiger partial charge in [0.1, 0.15) is 0 Å². The van der Waals surface area contributed by atoms with Gasteiger partial charge in [-0.2, -0.15) is 0 Å². The van der Waals surface area contributed by atoms with Gasteiger partial charge in [0, 0.05) is 36.9 Å². The molecule has 0 bridgehead atoms. The van der Waals surface area contributed by atoms with Gasteiger partial charge in [0.15, 0.2) is 5.13 Å². The minimum absolute atomic E-state index is 0.259. The van der Waals surface area contributed by atoms with Crippen LogP contribution < -0.4 is 16.6 Å². The number of aromatic nitrogens is 3. The summed E-state index contributed by atoms with van der Waals surface area (Å²) in [4.78, 5) is 28.5. The SMILES string of the molecule is CCNc1ncc(Cn2c(=O)ccn(C)c2=O)s1. The summed E-state index contributed by atoms with van der Waals surface area (Å²) in [6.07, 6.45) is 3.15. The van der Waals surface area contributed by atoms with Crippen LogP contribution in [0, 0.1) is 0 Å². The van der Waals surface area contributed by atoms with Crippen LogP contribution in [0.2, 0.25) is 0 Å². The van der Waals surface area contributed by atoms with E-state index in [1.807, 2.05) is 6.92 Å². The Morgan fingerprint density at radius 1 is 1.44 bits per heavy atom. The number of nitrogens with zero attached hydrogens (tertiary/aromatic N) is 3. The van der Waals surface area contributed by atoms with Crippen LogP contribution >= 0.6 is 11.3 Å². The molecule has 2 aromatic rings. The monoisotopic (exact) mass is 266 g/mol. The maximum Gasteiger partial charge on any atom is 0.331 e. The molecule has 0 spiro atoms. The van der Waals surface area contributed by atoms with Gasteiger partial charge < -0.3 is 9.88 Å². The number of hydrogen-bond acceptors (Lipinski definition) is 5. The molecule has 18 heavy (non-hydrogen) atoms. The average molecular weight is 266 g/mol. The third-order valence-corrected chi connectivity index (χ3v) is 3.37. The van der Waals surface area contributed by atoms with Crippen molar-refractivity contribution in [3.8, 4) is 0 Å². The van der Waals surface area contributed by atoms with Crippen LogP contribution in [-0.2, 0) is 13.6 Å². The number of thiazole rings is 1. The average Bonchev–Trinajstić information content (AvgIpc) is 2.78. The van der Waals surface area contributed by atoms with Crippen molar-refractivity contribution in [2.45, 2.75) is 13.5 Å². The minimum atomic E-state index is -0.319. The van der Waals surface area contributed by atoms with E-state index >= 15 is 0 Å². The van der Waals surface area contributed by atoms with Gasteiger partial charge in [0.05, 0.1) is 6.54 Å². The van der Waals surface area contributed by atoms with Crippen LogP contribution in [0.15, 0.2) is 28.0 Å². The van der Waals surface area contributed by atoms with Crippen LogP contribution in [0.25, 0.3) is 0 Å². The van der Waals surface area contributed by atoms with Crippen molar-refractivity contribution in [2.75, 3.05) is 11.9 Å². The lowest BCUT2D eigenvalue weighted by atomic mass is 10.5. The highest BCUT2D eigenvalue weighted by Crippen LogP contribution is 2.17. The van der Waals surface area contributed by atoms with Crippen LogP contribution in [-0.4, -0.2) is 20.7 Å². The summed E-state index contributed by atoms with van der Waals surface area (Å²) in [5.41, 5.74) is -0.614. The van der Waals surface area contributed by atoms with Crippen LogP contribution in [0.4, 0.5) is 5.13 Å². The molecule has 2 rings (SSSR count). The number of aryl methyl sites for hydroxylation is 1. The summed E-state index contributed by atoms with van der Waals surface area (Å²) < 4.78 is 2.58. The first-order chi connectivity index (χ1) is 8.61. The quantitative estimate of drug-likeness (QED) is 0.874. The summed E-state index contributed by atoms with van der Waals surface area (Å²) in [6.45, 7) is 3.04. The Kier molecular flexibility index (Phi) is 3.61. The van der Waals surface area contributed by atoms with Gasteiger partial charge in [-0.15, -0.1) is 11.3 Å². The van der Waals surface area contributed by atoms with E-state index < -0.39 is 0 Å². The lowest BCUT2D eigenvalue weighted by molar-refractivity contribution is 0.644. The van der Waals surface area contributed by atoms with Gasteiger partial charge >= 0.3 is 5.69 Å². The predicted molar refractivity (Wildman–Crippen MR) is 71.3 cm³/mol. The molecule has 2 heterocycles. The van der Waals surface area contributed by atoms with Gasteiger partial charge in [-0.3, -0.25) is 9.36 Å². The second-order valence-electron chi connectivity index (χ2n) is 3.80. The van der Waals surface area contributed by atoms with Crippen molar-refractivity contribution in [3.63, 3.8) is 0 Å². The van der Waals surface area contributed by atoms with Gasteiger partial charge in [0.25, 0.3) is 5.56 Å². The molecule has 1 N–H and O–H groups in total. The van der Waals surface area contributed by atoms with Crippen LogP contribution in [0.1, 0.15) is 11.8 Å². The summed E-state index contributed by atoms with van der Waals surface area (Å²) >= 11 is 1.45. The number of hydrogen-bond donors (Lipinski definition) is 1. The van der Waals surface area contributed by atoms with Crippen molar-refractivity contribution < 1.29 is 0 Å². The van der Waals surface area contributed by atoms with Gasteiger partial charge in [-0.05, 0) is 6.92 Å². The van der Waals surface area contributed by atoms with Gasteiger partial charge in [-0.25, -0.2) is 9.78 Å². The molecule has 0 amide bonds. The van der Waals surface area contributed by atoms with E-state index in [9.17, 15) is 9.59 Å². The van der Waals surface area contributed by atoms with Gasteiger partial charge in [-0.1, -0.05) is 0 Å². The Bertz CT molecular complexity index is 656. The van der Waals surface area contributed by atoms with Crippen LogP contribution in [0.5, 0.6) is 0 Å². The van der Waals surface area contributed by atoms with Crippen molar-refractivity contribution in [1.29, 1.82) is 0 Å². The highest BCUT2D eigenvalue weighted by molar-refractivity contribution is 7.15. The Morgan fingerprint density at radius 2 is 2.22 bits per heavy atom. The fourth-order valence-electron chi connectivity index (χ4n) is 1.53. The molecule has 0 fully saturated rings. The standard InChI is InChI=1S/C11H14N4O2S/c1-3-12-10-13-6-8(18-10)7-15-9(16)4-5-14(2)11(15)17/h4-6H,3,7H2,1-2H3,(H,12,13). The largest absolute Gasteiger partial charge is 0.362 e. The maximum atomic E-state index is 11.8.